The van der Waals surface area contributed by atoms with Gasteiger partial charge in [-0.1, -0.05) is 30.3 Å². The average Bonchev–Trinajstić information content (AvgIpc) is 3.16. The van der Waals surface area contributed by atoms with Crippen LogP contribution in [-0.2, 0) is 11.0 Å². The van der Waals surface area contributed by atoms with Crippen molar-refractivity contribution in [2.45, 2.75) is 31.0 Å². The van der Waals surface area contributed by atoms with E-state index in [4.69, 9.17) is 0 Å². The number of aromatic nitrogens is 3. The molecule has 0 saturated heterocycles. The fraction of sp³-hybridized carbons (Fsp3) is 0.227. The van der Waals surface area contributed by atoms with Crippen LogP contribution in [-0.4, -0.2) is 20.5 Å². The molecule has 0 radical (unpaired) electrons. The molecule has 164 valence electrons. The Morgan fingerprint density at radius 2 is 1.66 bits per heavy atom. The second kappa shape index (κ2) is 7.25. The van der Waals surface area contributed by atoms with Gasteiger partial charge in [-0.15, -0.1) is 5.10 Å². The number of nitrogens with zero attached hydrogens (tertiary/aromatic N) is 3. The van der Waals surface area contributed by atoms with Gasteiger partial charge in [0.1, 0.15) is 17.7 Å². The first-order chi connectivity index (χ1) is 15.2. The van der Waals surface area contributed by atoms with Crippen LogP contribution in [0.4, 0.5) is 27.9 Å². The third kappa shape index (κ3) is 3.45. The number of anilines is 1. The molecule has 5 nitrogen and oxygen atoms in total. The van der Waals surface area contributed by atoms with Crippen LogP contribution < -0.4 is 5.32 Å². The van der Waals surface area contributed by atoms with Crippen molar-refractivity contribution in [3.05, 3.63) is 88.4 Å². The third-order valence-corrected chi connectivity index (χ3v) is 5.64. The predicted molar refractivity (Wildman–Crippen MR) is 104 cm³/mol. The largest absolute Gasteiger partial charge is 0.453 e. The maximum Gasteiger partial charge on any atom is 0.453 e. The van der Waals surface area contributed by atoms with Crippen LogP contribution in [0.15, 0.2) is 59.8 Å². The van der Waals surface area contributed by atoms with Crippen LogP contribution in [0.1, 0.15) is 41.8 Å². The van der Waals surface area contributed by atoms with Gasteiger partial charge in [-0.3, -0.25) is 4.79 Å². The lowest BCUT2D eigenvalue weighted by Gasteiger charge is -2.35. The Balaban J connectivity index is 1.66. The topological polar surface area (TPSA) is 59.8 Å². The second-order valence-electron chi connectivity index (χ2n) is 7.76. The van der Waals surface area contributed by atoms with E-state index in [9.17, 15) is 26.7 Å². The fourth-order valence-corrected chi connectivity index (χ4v) is 4.33. The molecule has 0 bridgehead atoms. The summed E-state index contributed by atoms with van der Waals surface area (Å²) in [6.45, 7) is 0. The molecule has 0 spiro atoms. The number of hydrogen-bond donors (Lipinski definition) is 1. The zero-order valence-electron chi connectivity index (χ0n) is 16.3. The molecule has 32 heavy (non-hydrogen) atoms. The molecule has 2 aliphatic rings. The summed E-state index contributed by atoms with van der Waals surface area (Å²) in [5.41, 5.74) is 1.39. The molecule has 1 aliphatic carbocycles. The molecule has 2 aromatic carbocycles. The van der Waals surface area contributed by atoms with E-state index in [1.807, 2.05) is 30.3 Å². The first-order valence-corrected chi connectivity index (χ1v) is 9.78. The summed E-state index contributed by atoms with van der Waals surface area (Å²) in [6, 6.07) is 10.6. The normalized spacial score (nSPS) is 20.6. The van der Waals surface area contributed by atoms with E-state index in [-0.39, 0.29) is 35.2 Å². The minimum atomic E-state index is -4.83. The zero-order chi connectivity index (χ0) is 22.6. The summed E-state index contributed by atoms with van der Waals surface area (Å²) in [4.78, 5) is 16.7. The Bertz CT molecular complexity index is 1230. The number of rotatable bonds is 2. The number of alkyl halides is 3. The standard InChI is InChI=1S/C22H15F5N4O/c23-14-6-13(7-15(24)10-14)19-18-16(28-21-29-20(22(25,26)27)30-31(19)21)8-12(9-17(18)32)11-4-2-1-3-5-11/h1-7,10,12,19H,8-9H2,(H,28,29,30). The van der Waals surface area contributed by atoms with Crippen molar-refractivity contribution in [1.82, 2.24) is 14.8 Å². The molecule has 10 heteroatoms. The van der Waals surface area contributed by atoms with Crippen molar-refractivity contribution in [1.29, 1.82) is 0 Å². The molecule has 2 unspecified atom stereocenters. The molecule has 0 saturated carbocycles. The second-order valence-corrected chi connectivity index (χ2v) is 7.76. The molecule has 0 amide bonds. The molecule has 0 fully saturated rings. The maximum absolute atomic E-state index is 14.0. The molecular weight excluding hydrogens is 431 g/mol. The van der Waals surface area contributed by atoms with Gasteiger partial charge in [-0.05, 0) is 35.6 Å². The molecule has 1 aliphatic heterocycles. The van der Waals surface area contributed by atoms with Crippen molar-refractivity contribution in [3.63, 3.8) is 0 Å². The summed E-state index contributed by atoms with van der Waals surface area (Å²) in [6.07, 6.45) is -4.40. The lowest BCUT2D eigenvalue weighted by atomic mass is 9.78. The molecule has 2 atom stereocenters. The summed E-state index contributed by atoms with van der Waals surface area (Å²) in [5.74, 6) is -4.01. The minimum Gasteiger partial charge on any atom is -0.328 e. The highest BCUT2D eigenvalue weighted by Gasteiger charge is 2.43. The monoisotopic (exact) mass is 446 g/mol. The number of hydrogen-bond acceptors (Lipinski definition) is 4. The number of halogens is 5. The highest BCUT2D eigenvalue weighted by atomic mass is 19.4. The Hall–Kier alpha value is -3.56. The van der Waals surface area contributed by atoms with Gasteiger partial charge in [0.25, 0.3) is 5.82 Å². The van der Waals surface area contributed by atoms with E-state index in [1.165, 1.54) is 0 Å². The quantitative estimate of drug-likeness (QED) is 0.564. The third-order valence-electron chi connectivity index (χ3n) is 5.64. The fourth-order valence-electron chi connectivity index (χ4n) is 4.33. The Morgan fingerprint density at radius 1 is 0.969 bits per heavy atom. The van der Waals surface area contributed by atoms with Gasteiger partial charge in [-0.2, -0.15) is 18.2 Å². The highest BCUT2D eigenvalue weighted by molar-refractivity contribution is 6.00. The van der Waals surface area contributed by atoms with Crippen LogP contribution >= 0.6 is 0 Å². The number of carbonyl (C=O) groups is 1. The lowest BCUT2D eigenvalue weighted by molar-refractivity contribution is -0.145. The number of carbonyl (C=O) groups excluding carboxylic acids is 1. The Labute approximate surface area is 178 Å². The average molecular weight is 446 g/mol. The number of nitrogens with one attached hydrogen (secondary N) is 1. The summed E-state index contributed by atoms with van der Waals surface area (Å²) < 4.78 is 68.7. The SMILES string of the molecule is O=C1CC(c2ccccc2)CC2=C1C(c1cc(F)cc(F)c1)n1nc(C(F)(F)F)nc1N2. The lowest BCUT2D eigenvalue weighted by Crippen LogP contribution is -2.33. The van der Waals surface area contributed by atoms with Gasteiger partial charge in [0.15, 0.2) is 5.78 Å². The first-order valence-electron chi connectivity index (χ1n) is 9.78. The van der Waals surface area contributed by atoms with E-state index in [0.717, 1.165) is 22.4 Å². The number of benzene rings is 2. The van der Waals surface area contributed by atoms with E-state index in [1.54, 1.807) is 0 Å². The predicted octanol–water partition coefficient (Wildman–Crippen LogP) is 4.99. The van der Waals surface area contributed by atoms with Gasteiger partial charge in [0, 0.05) is 23.8 Å². The number of allylic oxidation sites excluding steroid dienone is 2. The molecule has 1 aromatic heterocycles. The molecule has 3 aromatic rings. The van der Waals surface area contributed by atoms with Crippen molar-refractivity contribution < 1.29 is 26.7 Å². The summed E-state index contributed by atoms with van der Waals surface area (Å²) in [7, 11) is 0. The first kappa shape index (κ1) is 20.3. The van der Waals surface area contributed by atoms with Crippen LogP contribution in [0, 0.1) is 11.6 Å². The maximum atomic E-state index is 14.0. The van der Waals surface area contributed by atoms with E-state index >= 15 is 0 Å². The molecule has 1 N–H and O–H groups in total. The van der Waals surface area contributed by atoms with Gasteiger partial charge in [-0.25, -0.2) is 13.5 Å². The summed E-state index contributed by atoms with van der Waals surface area (Å²) in [5, 5.41) is 6.34. The smallest absolute Gasteiger partial charge is 0.328 e. The van der Waals surface area contributed by atoms with Gasteiger partial charge >= 0.3 is 6.18 Å². The van der Waals surface area contributed by atoms with Crippen molar-refractivity contribution in [2.75, 3.05) is 5.32 Å². The van der Waals surface area contributed by atoms with Crippen LogP contribution in [0.5, 0.6) is 0 Å². The van der Waals surface area contributed by atoms with E-state index in [2.05, 4.69) is 15.4 Å². The van der Waals surface area contributed by atoms with Gasteiger partial charge < -0.3 is 5.32 Å². The van der Waals surface area contributed by atoms with Crippen LogP contribution in [0.25, 0.3) is 0 Å². The Kier molecular flexibility index (Phi) is 4.61. The van der Waals surface area contributed by atoms with Gasteiger partial charge in [0.2, 0.25) is 5.95 Å². The number of fused-ring (bicyclic) bond motifs is 1. The summed E-state index contributed by atoms with van der Waals surface area (Å²) >= 11 is 0. The molecular formula is C22H15F5N4O. The number of Topliss-reactive ketones (excluding diaryl/α,β-unsaturated/α-hetero) is 1. The minimum absolute atomic E-state index is 0.0251. The van der Waals surface area contributed by atoms with E-state index < -0.39 is 29.7 Å². The van der Waals surface area contributed by atoms with Crippen LogP contribution in [0.3, 0.4) is 0 Å². The van der Waals surface area contributed by atoms with E-state index in [0.29, 0.717) is 18.2 Å². The Morgan fingerprint density at radius 3 is 2.31 bits per heavy atom. The molecule has 2 heterocycles. The van der Waals surface area contributed by atoms with Gasteiger partial charge in [0.05, 0.1) is 0 Å². The number of ketones is 1. The van der Waals surface area contributed by atoms with Crippen molar-refractivity contribution >= 4 is 11.7 Å². The van der Waals surface area contributed by atoms with Crippen molar-refractivity contribution in [3.8, 4) is 0 Å². The van der Waals surface area contributed by atoms with Crippen LogP contribution in [0.2, 0.25) is 0 Å². The zero-order valence-corrected chi connectivity index (χ0v) is 16.3. The van der Waals surface area contributed by atoms with Crippen molar-refractivity contribution in [2.24, 2.45) is 0 Å². The molecule has 5 rings (SSSR count). The highest BCUT2D eigenvalue weighted by Crippen LogP contribution is 2.45.